The van der Waals surface area contributed by atoms with E-state index in [1.807, 2.05) is 13.8 Å². The molecule has 1 saturated carbocycles. The fraction of sp³-hybridized carbons (Fsp3) is 0.929. The van der Waals surface area contributed by atoms with E-state index >= 15 is 0 Å². The van der Waals surface area contributed by atoms with Gasteiger partial charge in [-0.3, -0.25) is 4.79 Å². The summed E-state index contributed by atoms with van der Waals surface area (Å²) in [6.45, 7) is 4.04. The molecule has 118 valence electrons. The first-order chi connectivity index (χ1) is 9.24. The van der Waals surface area contributed by atoms with Crippen LogP contribution in [0.3, 0.4) is 0 Å². The fourth-order valence-corrected chi connectivity index (χ4v) is 2.98. The molecule has 1 aliphatic carbocycles. The first-order valence-corrected chi connectivity index (χ1v) is 7.70. The van der Waals surface area contributed by atoms with Crippen LogP contribution in [0.5, 0.6) is 0 Å². The van der Waals surface area contributed by atoms with Gasteiger partial charge >= 0.3 is 6.18 Å². The van der Waals surface area contributed by atoms with Gasteiger partial charge in [-0.15, -0.1) is 11.6 Å². The van der Waals surface area contributed by atoms with Crippen LogP contribution in [-0.4, -0.2) is 24.0 Å². The molecular formula is C14H23ClF3NO. The summed E-state index contributed by atoms with van der Waals surface area (Å²) in [4.78, 5) is 12.1. The molecule has 3 atom stereocenters. The Kier molecular flexibility index (Phi) is 6.62. The fourth-order valence-electron chi connectivity index (χ4n) is 2.77. The van der Waals surface area contributed by atoms with E-state index in [2.05, 4.69) is 5.32 Å². The number of carbonyl (C=O) groups is 1. The minimum Gasteiger partial charge on any atom is -0.352 e. The summed E-state index contributed by atoms with van der Waals surface area (Å²) in [6, 6.07) is -0.157. The van der Waals surface area contributed by atoms with E-state index in [-0.39, 0.29) is 24.8 Å². The average molecular weight is 314 g/mol. The van der Waals surface area contributed by atoms with Crippen LogP contribution in [0, 0.1) is 17.8 Å². The Labute approximate surface area is 123 Å². The molecule has 1 amide bonds. The van der Waals surface area contributed by atoms with Crippen LogP contribution in [0.25, 0.3) is 0 Å². The highest BCUT2D eigenvalue weighted by Crippen LogP contribution is 2.39. The van der Waals surface area contributed by atoms with Crippen molar-refractivity contribution in [1.29, 1.82) is 0 Å². The third-order valence-corrected chi connectivity index (χ3v) is 4.17. The van der Waals surface area contributed by atoms with E-state index in [1.165, 1.54) is 0 Å². The molecule has 0 spiro atoms. The minimum atomic E-state index is -4.19. The number of halogens is 4. The molecule has 20 heavy (non-hydrogen) atoms. The van der Waals surface area contributed by atoms with Crippen LogP contribution in [0.15, 0.2) is 0 Å². The number of amides is 1. The Morgan fingerprint density at radius 2 is 2.00 bits per heavy atom. The molecule has 1 rings (SSSR count). The van der Waals surface area contributed by atoms with Gasteiger partial charge in [0, 0.05) is 17.8 Å². The van der Waals surface area contributed by atoms with Crippen molar-refractivity contribution in [3.8, 4) is 0 Å². The summed E-state index contributed by atoms with van der Waals surface area (Å²) >= 11 is 5.80. The van der Waals surface area contributed by atoms with Gasteiger partial charge in [-0.1, -0.05) is 20.3 Å². The monoisotopic (exact) mass is 313 g/mol. The van der Waals surface area contributed by atoms with Gasteiger partial charge in [-0.05, 0) is 31.6 Å². The number of alkyl halides is 4. The smallest absolute Gasteiger partial charge is 0.352 e. The van der Waals surface area contributed by atoms with Gasteiger partial charge in [-0.2, -0.15) is 13.2 Å². The molecule has 0 bridgehead atoms. The second-order valence-electron chi connectivity index (χ2n) is 6.09. The molecule has 0 aromatic carbocycles. The molecule has 6 heteroatoms. The van der Waals surface area contributed by atoms with Crippen LogP contribution >= 0.6 is 11.6 Å². The second-order valence-corrected chi connectivity index (χ2v) is 6.40. The number of rotatable bonds is 5. The van der Waals surface area contributed by atoms with Gasteiger partial charge in [0.2, 0.25) is 5.91 Å². The zero-order chi connectivity index (χ0) is 15.3. The summed E-state index contributed by atoms with van der Waals surface area (Å²) in [7, 11) is 0. The lowest BCUT2D eigenvalue weighted by molar-refractivity contribution is -0.186. The minimum absolute atomic E-state index is 0.0913. The predicted octanol–water partition coefficient (Wildman–Crippen LogP) is 4.12. The Balaban J connectivity index is 2.54. The normalized spacial score (nSPS) is 25.6. The van der Waals surface area contributed by atoms with Crippen molar-refractivity contribution in [1.82, 2.24) is 5.32 Å². The van der Waals surface area contributed by atoms with E-state index in [9.17, 15) is 18.0 Å². The lowest BCUT2D eigenvalue weighted by atomic mass is 9.80. The molecule has 2 nitrogen and oxygen atoms in total. The van der Waals surface area contributed by atoms with Gasteiger partial charge < -0.3 is 5.32 Å². The van der Waals surface area contributed by atoms with Crippen LogP contribution in [0.4, 0.5) is 13.2 Å². The highest BCUT2D eigenvalue weighted by Gasteiger charge is 2.43. The molecular weight excluding hydrogens is 291 g/mol. The van der Waals surface area contributed by atoms with Gasteiger partial charge in [0.1, 0.15) is 0 Å². The van der Waals surface area contributed by atoms with Crippen LogP contribution in [0.1, 0.15) is 46.0 Å². The Morgan fingerprint density at radius 1 is 1.35 bits per heavy atom. The molecule has 1 N–H and O–H groups in total. The standard InChI is InChI=1S/C14H23ClF3NO/c1-9(2)6-12(8-15)19-13(20)10-4-3-5-11(7-10)14(16,17)18/h9-12H,3-8H2,1-2H3,(H,19,20). The van der Waals surface area contributed by atoms with Crippen molar-refractivity contribution >= 4 is 17.5 Å². The number of hydrogen-bond donors (Lipinski definition) is 1. The highest BCUT2D eigenvalue weighted by molar-refractivity contribution is 6.18. The van der Waals surface area contributed by atoms with Crippen molar-refractivity contribution in [2.24, 2.45) is 17.8 Å². The maximum Gasteiger partial charge on any atom is 0.391 e. The maximum absolute atomic E-state index is 12.7. The van der Waals surface area contributed by atoms with Gasteiger partial charge in [0.05, 0.1) is 5.92 Å². The molecule has 0 aromatic rings. The molecule has 3 unspecified atom stereocenters. The molecule has 0 heterocycles. The predicted molar refractivity (Wildman–Crippen MR) is 73.6 cm³/mol. The highest BCUT2D eigenvalue weighted by atomic mass is 35.5. The Bertz CT molecular complexity index is 320. The van der Waals surface area contributed by atoms with Crippen molar-refractivity contribution in [3.05, 3.63) is 0 Å². The zero-order valence-electron chi connectivity index (χ0n) is 12.0. The summed E-state index contributed by atoms with van der Waals surface area (Å²) in [6.07, 6.45) is -2.41. The quantitative estimate of drug-likeness (QED) is 0.760. The second kappa shape index (κ2) is 7.53. The SMILES string of the molecule is CC(C)CC(CCl)NC(=O)C1CCCC(C(F)(F)F)C1. The molecule has 1 aliphatic rings. The maximum atomic E-state index is 12.7. The molecule has 0 aliphatic heterocycles. The van der Waals surface area contributed by atoms with E-state index in [4.69, 9.17) is 11.6 Å². The van der Waals surface area contributed by atoms with Crippen molar-refractivity contribution < 1.29 is 18.0 Å². The largest absolute Gasteiger partial charge is 0.391 e. The summed E-state index contributed by atoms with van der Waals surface area (Å²) < 4.78 is 38.2. The van der Waals surface area contributed by atoms with E-state index in [0.29, 0.717) is 24.6 Å². The van der Waals surface area contributed by atoms with Crippen molar-refractivity contribution in [3.63, 3.8) is 0 Å². The summed E-state index contributed by atoms with van der Waals surface area (Å²) in [5, 5.41) is 2.80. The topological polar surface area (TPSA) is 29.1 Å². The van der Waals surface area contributed by atoms with Crippen LogP contribution in [-0.2, 0) is 4.79 Å². The number of carbonyl (C=O) groups excluding carboxylic acids is 1. The molecule has 0 radical (unpaired) electrons. The third-order valence-electron chi connectivity index (χ3n) is 3.80. The molecule has 0 saturated heterocycles. The van der Waals surface area contributed by atoms with Crippen LogP contribution < -0.4 is 5.32 Å². The van der Waals surface area contributed by atoms with Gasteiger partial charge in [0.25, 0.3) is 0 Å². The van der Waals surface area contributed by atoms with E-state index in [0.717, 1.165) is 6.42 Å². The zero-order valence-corrected chi connectivity index (χ0v) is 12.7. The molecule has 0 aromatic heterocycles. The molecule has 1 fully saturated rings. The lowest BCUT2D eigenvalue weighted by Crippen LogP contribution is -2.43. The summed E-state index contributed by atoms with van der Waals surface area (Å²) in [5.74, 6) is -1.47. The third kappa shape index (κ3) is 5.51. The number of hydrogen-bond acceptors (Lipinski definition) is 1. The van der Waals surface area contributed by atoms with Gasteiger partial charge in [0.15, 0.2) is 0 Å². The van der Waals surface area contributed by atoms with Crippen molar-refractivity contribution in [2.75, 3.05) is 5.88 Å². The number of nitrogens with one attached hydrogen (secondary N) is 1. The average Bonchev–Trinajstić information content (AvgIpc) is 2.36. The summed E-state index contributed by atoms with van der Waals surface area (Å²) in [5.41, 5.74) is 0. The Hall–Kier alpha value is -0.450. The van der Waals surface area contributed by atoms with Crippen molar-refractivity contribution in [2.45, 2.75) is 58.2 Å². The van der Waals surface area contributed by atoms with Crippen LogP contribution in [0.2, 0.25) is 0 Å². The Morgan fingerprint density at radius 3 is 2.50 bits per heavy atom. The first kappa shape index (κ1) is 17.6. The van der Waals surface area contributed by atoms with E-state index < -0.39 is 18.0 Å². The first-order valence-electron chi connectivity index (χ1n) is 7.17. The van der Waals surface area contributed by atoms with Gasteiger partial charge in [-0.25, -0.2) is 0 Å². The van der Waals surface area contributed by atoms with E-state index in [1.54, 1.807) is 0 Å². The lowest BCUT2D eigenvalue weighted by Gasteiger charge is -2.31.